The van der Waals surface area contributed by atoms with Gasteiger partial charge >= 0.3 is 10.1 Å². The molecule has 0 spiro atoms. The SMILES string of the molecule is CCCCCNC(=O)c1ccc(S(=O)(=O)O)o1. The zero-order valence-electron chi connectivity index (χ0n) is 9.47. The van der Waals surface area contributed by atoms with Crippen molar-refractivity contribution >= 4 is 16.0 Å². The molecule has 0 aliphatic rings. The number of unbranched alkanes of at least 4 members (excludes halogenated alkanes) is 2. The number of hydrogen-bond acceptors (Lipinski definition) is 4. The number of furan rings is 1. The average molecular weight is 261 g/mol. The highest BCUT2D eigenvalue weighted by Crippen LogP contribution is 2.13. The largest absolute Gasteiger partial charge is 0.437 e. The van der Waals surface area contributed by atoms with Crippen LogP contribution in [0.5, 0.6) is 0 Å². The van der Waals surface area contributed by atoms with Crippen LogP contribution in [-0.2, 0) is 10.1 Å². The topological polar surface area (TPSA) is 96.6 Å². The number of amides is 1. The van der Waals surface area contributed by atoms with Crippen molar-refractivity contribution in [3.63, 3.8) is 0 Å². The van der Waals surface area contributed by atoms with Crippen molar-refractivity contribution in [3.8, 4) is 0 Å². The maximum Gasteiger partial charge on any atom is 0.328 e. The fraction of sp³-hybridized carbons (Fsp3) is 0.500. The minimum Gasteiger partial charge on any atom is -0.437 e. The van der Waals surface area contributed by atoms with Crippen molar-refractivity contribution in [2.45, 2.75) is 31.3 Å². The van der Waals surface area contributed by atoms with Crippen molar-refractivity contribution in [3.05, 3.63) is 17.9 Å². The molecule has 1 aromatic rings. The van der Waals surface area contributed by atoms with Crippen LogP contribution in [0.2, 0.25) is 0 Å². The van der Waals surface area contributed by atoms with Gasteiger partial charge in [0.25, 0.3) is 5.91 Å². The molecule has 0 saturated carbocycles. The van der Waals surface area contributed by atoms with Gasteiger partial charge in [-0.15, -0.1) is 0 Å². The molecule has 17 heavy (non-hydrogen) atoms. The summed E-state index contributed by atoms with van der Waals surface area (Å²) in [5.74, 6) is -0.620. The highest BCUT2D eigenvalue weighted by Gasteiger charge is 2.18. The molecule has 1 amide bonds. The van der Waals surface area contributed by atoms with Crippen LogP contribution in [0.1, 0.15) is 36.7 Å². The zero-order valence-corrected chi connectivity index (χ0v) is 10.3. The van der Waals surface area contributed by atoms with E-state index in [-0.39, 0.29) is 5.76 Å². The van der Waals surface area contributed by atoms with Crippen molar-refractivity contribution in [2.75, 3.05) is 6.54 Å². The fourth-order valence-electron chi connectivity index (χ4n) is 1.24. The van der Waals surface area contributed by atoms with Gasteiger partial charge in [0.05, 0.1) is 0 Å². The Morgan fingerprint density at radius 1 is 1.41 bits per heavy atom. The second kappa shape index (κ2) is 5.83. The lowest BCUT2D eigenvalue weighted by Crippen LogP contribution is -2.23. The first-order valence-corrected chi connectivity index (χ1v) is 6.74. The van der Waals surface area contributed by atoms with Crippen molar-refractivity contribution in [2.24, 2.45) is 0 Å². The molecule has 1 aromatic heterocycles. The summed E-state index contributed by atoms with van der Waals surface area (Å²) in [6, 6.07) is 2.24. The minimum atomic E-state index is -4.39. The number of nitrogens with one attached hydrogen (secondary N) is 1. The number of rotatable bonds is 6. The van der Waals surface area contributed by atoms with Crippen LogP contribution in [0.15, 0.2) is 21.6 Å². The van der Waals surface area contributed by atoms with Crippen LogP contribution in [0, 0.1) is 0 Å². The van der Waals surface area contributed by atoms with Gasteiger partial charge in [-0.25, -0.2) is 0 Å². The Hall–Kier alpha value is -1.34. The van der Waals surface area contributed by atoms with Crippen molar-refractivity contribution in [1.29, 1.82) is 0 Å². The molecule has 0 fully saturated rings. The minimum absolute atomic E-state index is 0.130. The van der Waals surface area contributed by atoms with E-state index in [4.69, 9.17) is 8.97 Å². The second-order valence-electron chi connectivity index (χ2n) is 3.56. The second-order valence-corrected chi connectivity index (χ2v) is 4.91. The first kappa shape index (κ1) is 13.7. The number of carbonyl (C=O) groups excluding carboxylic acids is 1. The predicted molar refractivity (Wildman–Crippen MR) is 60.4 cm³/mol. The van der Waals surface area contributed by atoms with Crippen LogP contribution in [0.4, 0.5) is 0 Å². The molecule has 0 bridgehead atoms. The predicted octanol–water partition coefficient (Wildman–Crippen LogP) is 1.45. The Morgan fingerprint density at radius 2 is 2.12 bits per heavy atom. The summed E-state index contributed by atoms with van der Waals surface area (Å²) in [6.45, 7) is 2.56. The Kier molecular flexibility index (Phi) is 4.71. The van der Waals surface area contributed by atoms with Gasteiger partial charge in [-0.2, -0.15) is 8.42 Å². The third kappa shape index (κ3) is 4.20. The summed E-state index contributed by atoms with van der Waals surface area (Å²) < 4.78 is 34.8. The first-order chi connectivity index (χ1) is 7.95. The van der Waals surface area contributed by atoms with Gasteiger partial charge in [0, 0.05) is 6.54 Å². The molecule has 7 heteroatoms. The third-order valence-corrected chi connectivity index (χ3v) is 2.85. The molecule has 0 unspecified atom stereocenters. The van der Waals surface area contributed by atoms with E-state index in [2.05, 4.69) is 5.32 Å². The number of hydrogen-bond donors (Lipinski definition) is 2. The lowest BCUT2D eigenvalue weighted by molar-refractivity contribution is 0.0919. The Labute approximate surface area is 99.8 Å². The van der Waals surface area contributed by atoms with E-state index in [1.165, 1.54) is 6.07 Å². The van der Waals surface area contributed by atoms with E-state index in [1.54, 1.807) is 0 Å². The third-order valence-electron chi connectivity index (χ3n) is 2.13. The smallest absolute Gasteiger partial charge is 0.328 e. The molecule has 6 nitrogen and oxygen atoms in total. The van der Waals surface area contributed by atoms with Crippen molar-refractivity contribution in [1.82, 2.24) is 5.32 Å². The van der Waals surface area contributed by atoms with Gasteiger partial charge in [-0.05, 0) is 18.6 Å². The average Bonchev–Trinajstić information content (AvgIpc) is 2.72. The lowest BCUT2D eigenvalue weighted by Gasteiger charge is -2.01. The van der Waals surface area contributed by atoms with Crippen molar-refractivity contribution < 1.29 is 22.2 Å². The zero-order chi connectivity index (χ0) is 12.9. The molecule has 2 N–H and O–H groups in total. The Balaban J connectivity index is 2.56. The first-order valence-electron chi connectivity index (χ1n) is 5.30. The lowest BCUT2D eigenvalue weighted by atomic mass is 10.2. The number of carbonyl (C=O) groups is 1. The summed E-state index contributed by atoms with van der Waals surface area (Å²) >= 11 is 0. The molecule has 0 aliphatic heterocycles. The molecule has 1 rings (SSSR count). The standard InChI is InChI=1S/C10H15NO5S/c1-2-3-4-7-11-10(12)8-5-6-9(16-8)17(13,14)15/h5-6H,2-4,7H2,1H3,(H,11,12)(H,13,14,15). The maximum absolute atomic E-state index is 11.5. The summed E-state index contributed by atoms with van der Waals surface area (Å²) in [5, 5.41) is 1.96. The van der Waals surface area contributed by atoms with Gasteiger partial charge in [-0.1, -0.05) is 19.8 Å². The quantitative estimate of drug-likeness (QED) is 0.596. The summed E-state index contributed by atoms with van der Waals surface area (Å²) in [4.78, 5) is 11.5. The van der Waals surface area contributed by atoms with E-state index in [0.29, 0.717) is 6.54 Å². The van der Waals surface area contributed by atoms with Gasteiger partial charge < -0.3 is 9.73 Å². The van der Waals surface area contributed by atoms with Crippen LogP contribution in [0.25, 0.3) is 0 Å². The molecule has 0 radical (unpaired) electrons. The van der Waals surface area contributed by atoms with Crippen LogP contribution in [-0.4, -0.2) is 25.4 Å². The molecular weight excluding hydrogens is 246 g/mol. The van der Waals surface area contributed by atoms with Crippen LogP contribution in [0.3, 0.4) is 0 Å². The Morgan fingerprint density at radius 3 is 2.65 bits per heavy atom. The van der Waals surface area contributed by atoms with Crippen LogP contribution >= 0.6 is 0 Å². The molecule has 0 saturated heterocycles. The molecule has 0 atom stereocenters. The van der Waals surface area contributed by atoms with Crippen LogP contribution < -0.4 is 5.32 Å². The Bertz CT molecular complexity index is 477. The summed E-state index contributed by atoms with van der Waals surface area (Å²) in [6.07, 6.45) is 2.91. The monoisotopic (exact) mass is 261 g/mol. The van der Waals surface area contributed by atoms with E-state index >= 15 is 0 Å². The molecule has 0 aromatic carbocycles. The molecule has 0 aliphatic carbocycles. The molecular formula is C10H15NO5S. The van der Waals surface area contributed by atoms with E-state index < -0.39 is 21.1 Å². The molecule has 1 heterocycles. The fourth-order valence-corrected chi connectivity index (χ4v) is 1.68. The highest BCUT2D eigenvalue weighted by molar-refractivity contribution is 7.85. The summed E-state index contributed by atoms with van der Waals surface area (Å²) in [7, 11) is -4.39. The molecule has 96 valence electrons. The van der Waals surface area contributed by atoms with Gasteiger partial charge in [0.15, 0.2) is 5.76 Å². The maximum atomic E-state index is 11.5. The van der Waals surface area contributed by atoms with E-state index in [1.807, 2.05) is 6.92 Å². The van der Waals surface area contributed by atoms with E-state index in [0.717, 1.165) is 25.3 Å². The van der Waals surface area contributed by atoms with Gasteiger partial charge in [0.1, 0.15) is 0 Å². The van der Waals surface area contributed by atoms with Gasteiger partial charge in [0.2, 0.25) is 5.09 Å². The van der Waals surface area contributed by atoms with Gasteiger partial charge in [-0.3, -0.25) is 9.35 Å². The summed E-state index contributed by atoms with van der Waals surface area (Å²) in [5.41, 5.74) is 0. The normalized spacial score (nSPS) is 11.4. The van der Waals surface area contributed by atoms with E-state index in [9.17, 15) is 13.2 Å². The highest BCUT2D eigenvalue weighted by atomic mass is 32.2.